The van der Waals surface area contributed by atoms with E-state index < -0.39 is 10.0 Å². The average molecular weight is 291 g/mol. The third-order valence-electron chi connectivity index (χ3n) is 3.73. The summed E-state index contributed by atoms with van der Waals surface area (Å²) in [6.07, 6.45) is 2.30. The molecule has 0 radical (unpaired) electrons. The Labute approximate surface area is 118 Å². The summed E-state index contributed by atoms with van der Waals surface area (Å²) in [4.78, 5) is 7.21. The first-order chi connectivity index (χ1) is 9.56. The monoisotopic (exact) mass is 291 g/mol. The van der Waals surface area contributed by atoms with Gasteiger partial charge in [0, 0.05) is 13.0 Å². The van der Waals surface area contributed by atoms with Crippen molar-refractivity contribution in [2.45, 2.75) is 25.6 Å². The lowest BCUT2D eigenvalue weighted by molar-refractivity contribution is 0.385. The van der Waals surface area contributed by atoms with Crippen LogP contribution in [0.15, 0.2) is 30.6 Å². The number of H-pyrrole nitrogens is 1. The first kappa shape index (κ1) is 13.3. The zero-order valence-corrected chi connectivity index (χ0v) is 12.2. The Kier molecular flexibility index (Phi) is 3.35. The Balaban J connectivity index is 1.82. The van der Waals surface area contributed by atoms with Crippen molar-refractivity contribution < 1.29 is 8.42 Å². The summed E-state index contributed by atoms with van der Waals surface area (Å²) in [7, 11) is -3.29. The zero-order valence-electron chi connectivity index (χ0n) is 11.3. The molecule has 1 aliphatic rings. The van der Waals surface area contributed by atoms with Crippen molar-refractivity contribution in [2.75, 3.05) is 6.54 Å². The third-order valence-corrected chi connectivity index (χ3v) is 5.51. The lowest BCUT2D eigenvalue weighted by Gasteiger charge is -2.25. The van der Waals surface area contributed by atoms with Gasteiger partial charge in [0.05, 0.1) is 30.0 Å². The predicted molar refractivity (Wildman–Crippen MR) is 76.5 cm³/mol. The molecule has 0 saturated carbocycles. The quantitative estimate of drug-likeness (QED) is 0.934. The zero-order chi connectivity index (χ0) is 14.2. The predicted octanol–water partition coefficient (Wildman–Crippen LogP) is 1.61. The number of nitrogens with one attached hydrogen (secondary N) is 1. The Bertz CT molecular complexity index is 722. The van der Waals surface area contributed by atoms with Crippen LogP contribution >= 0.6 is 0 Å². The van der Waals surface area contributed by atoms with E-state index in [2.05, 4.69) is 9.97 Å². The number of sulfonamides is 1. The highest BCUT2D eigenvalue weighted by atomic mass is 32.2. The number of rotatable bonds is 3. The fourth-order valence-corrected chi connectivity index (χ4v) is 4.08. The SMILES string of the molecule is Cc1ccccc1CS(=O)(=O)N1CCc2nc[nH]c2C1. The van der Waals surface area contributed by atoms with Crippen LogP contribution in [0.5, 0.6) is 0 Å². The van der Waals surface area contributed by atoms with E-state index in [4.69, 9.17) is 0 Å². The van der Waals surface area contributed by atoms with E-state index in [0.717, 1.165) is 22.5 Å². The van der Waals surface area contributed by atoms with Gasteiger partial charge in [-0.2, -0.15) is 4.31 Å². The molecule has 0 amide bonds. The van der Waals surface area contributed by atoms with E-state index in [9.17, 15) is 8.42 Å². The molecule has 1 aromatic heterocycles. The van der Waals surface area contributed by atoms with Gasteiger partial charge in [-0.3, -0.25) is 0 Å². The normalized spacial score (nSPS) is 16.1. The molecule has 0 spiro atoms. The van der Waals surface area contributed by atoms with Crippen LogP contribution < -0.4 is 0 Å². The van der Waals surface area contributed by atoms with Crippen molar-refractivity contribution in [3.63, 3.8) is 0 Å². The van der Waals surface area contributed by atoms with Crippen LogP contribution in [0.2, 0.25) is 0 Å². The molecule has 1 aliphatic heterocycles. The lowest BCUT2D eigenvalue weighted by atomic mass is 10.1. The topological polar surface area (TPSA) is 66.1 Å². The standard InChI is InChI=1S/C14H17N3O2S/c1-11-4-2-3-5-12(11)9-20(18,19)17-7-6-13-14(8-17)16-10-15-13/h2-5,10H,6-9H2,1H3,(H,15,16). The molecule has 0 saturated heterocycles. The van der Waals surface area contributed by atoms with E-state index in [-0.39, 0.29) is 5.75 Å². The van der Waals surface area contributed by atoms with Crippen molar-refractivity contribution in [3.8, 4) is 0 Å². The molecule has 106 valence electrons. The second kappa shape index (κ2) is 5.03. The molecule has 1 N–H and O–H groups in total. The number of nitrogens with zero attached hydrogens (tertiary/aromatic N) is 2. The van der Waals surface area contributed by atoms with Crippen LogP contribution in [0.25, 0.3) is 0 Å². The largest absolute Gasteiger partial charge is 0.347 e. The van der Waals surface area contributed by atoms with Crippen molar-refractivity contribution in [1.29, 1.82) is 0 Å². The van der Waals surface area contributed by atoms with Gasteiger partial charge >= 0.3 is 0 Å². The second-order valence-corrected chi connectivity index (χ2v) is 7.06. The number of aromatic nitrogens is 2. The molecule has 3 rings (SSSR count). The summed E-state index contributed by atoms with van der Waals surface area (Å²) in [5.74, 6) is 0.0587. The maximum absolute atomic E-state index is 12.5. The molecule has 0 bridgehead atoms. The molecule has 2 aromatic rings. The van der Waals surface area contributed by atoms with Gasteiger partial charge in [-0.15, -0.1) is 0 Å². The Morgan fingerprint density at radius 2 is 2.15 bits per heavy atom. The second-order valence-electron chi connectivity index (χ2n) is 5.09. The number of fused-ring (bicyclic) bond motifs is 1. The van der Waals surface area contributed by atoms with Gasteiger partial charge in [0.1, 0.15) is 0 Å². The number of imidazole rings is 1. The Hall–Kier alpha value is -1.66. The van der Waals surface area contributed by atoms with Crippen LogP contribution in [-0.4, -0.2) is 29.2 Å². The summed E-state index contributed by atoms with van der Waals surface area (Å²) < 4.78 is 26.6. The van der Waals surface area contributed by atoms with Crippen LogP contribution in [0.4, 0.5) is 0 Å². The number of hydrogen-bond donors (Lipinski definition) is 1. The lowest BCUT2D eigenvalue weighted by Crippen LogP contribution is -2.36. The molecule has 0 fully saturated rings. The van der Waals surface area contributed by atoms with E-state index >= 15 is 0 Å². The minimum Gasteiger partial charge on any atom is -0.347 e. The minimum absolute atomic E-state index is 0.0587. The van der Waals surface area contributed by atoms with Gasteiger partial charge in [0.2, 0.25) is 10.0 Å². The van der Waals surface area contributed by atoms with Gasteiger partial charge < -0.3 is 4.98 Å². The molecular weight excluding hydrogens is 274 g/mol. The van der Waals surface area contributed by atoms with Crippen LogP contribution in [-0.2, 0) is 28.7 Å². The fraction of sp³-hybridized carbons (Fsp3) is 0.357. The summed E-state index contributed by atoms with van der Waals surface area (Å²) >= 11 is 0. The van der Waals surface area contributed by atoms with E-state index in [1.54, 1.807) is 10.6 Å². The third kappa shape index (κ3) is 2.48. The van der Waals surface area contributed by atoms with E-state index in [1.165, 1.54) is 0 Å². The van der Waals surface area contributed by atoms with Gasteiger partial charge in [0.15, 0.2) is 0 Å². The molecule has 2 heterocycles. The number of benzene rings is 1. The molecule has 20 heavy (non-hydrogen) atoms. The van der Waals surface area contributed by atoms with Gasteiger partial charge in [-0.05, 0) is 18.1 Å². The van der Waals surface area contributed by atoms with E-state index in [0.29, 0.717) is 19.5 Å². The highest BCUT2D eigenvalue weighted by Crippen LogP contribution is 2.21. The summed E-state index contributed by atoms with van der Waals surface area (Å²) in [5, 5.41) is 0. The summed E-state index contributed by atoms with van der Waals surface area (Å²) in [5.41, 5.74) is 3.76. The molecular formula is C14H17N3O2S. The van der Waals surface area contributed by atoms with Gasteiger partial charge in [0.25, 0.3) is 0 Å². The van der Waals surface area contributed by atoms with Crippen LogP contribution in [0, 0.1) is 6.92 Å². The summed E-state index contributed by atoms with van der Waals surface area (Å²) in [6, 6.07) is 7.61. The molecule has 0 atom stereocenters. The fourth-order valence-electron chi connectivity index (χ4n) is 2.48. The maximum Gasteiger partial charge on any atom is 0.218 e. The van der Waals surface area contributed by atoms with Crippen molar-refractivity contribution in [1.82, 2.24) is 14.3 Å². The Morgan fingerprint density at radius 3 is 2.95 bits per heavy atom. The summed E-state index contributed by atoms with van der Waals surface area (Å²) in [6.45, 7) is 2.84. The van der Waals surface area contributed by atoms with Crippen molar-refractivity contribution >= 4 is 10.0 Å². The molecule has 0 aliphatic carbocycles. The van der Waals surface area contributed by atoms with Crippen LogP contribution in [0.1, 0.15) is 22.5 Å². The maximum atomic E-state index is 12.5. The first-order valence-electron chi connectivity index (χ1n) is 6.60. The molecule has 0 unspecified atom stereocenters. The number of aromatic amines is 1. The van der Waals surface area contributed by atoms with Gasteiger partial charge in [-0.25, -0.2) is 13.4 Å². The van der Waals surface area contributed by atoms with Crippen molar-refractivity contribution in [3.05, 3.63) is 53.1 Å². The Morgan fingerprint density at radius 1 is 1.35 bits per heavy atom. The molecule has 1 aromatic carbocycles. The van der Waals surface area contributed by atoms with E-state index in [1.807, 2.05) is 31.2 Å². The minimum atomic E-state index is -3.29. The van der Waals surface area contributed by atoms with Crippen molar-refractivity contribution in [2.24, 2.45) is 0 Å². The number of aryl methyl sites for hydroxylation is 1. The van der Waals surface area contributed by atoms with Crippen LogP contribution in [0.3, 0.4) is 0 Å². The number of hydrogen-bond acceptors (Lipinski definition) is 3. The average Bonchev–Trinajstić information content (AvgIpc) is 2.88. The molecule has 6 heteroatoms. The highest BCUT2D eigenvalue weighted by Gasteiger charge is 2.28. The smallest absolute Gasteiger partial charge is 0.218 e. The first-order valence-corrected chi connectivity index (χ1v) is 8.20. The highest BCUT2D eigenvalue weighted by molar-refractivity contribution is 7.88. The molecule has 5 nitrogen and oxygen atoms in total. The van der Waals surface area contributed by atoms with Gasteiger partial charge in [-0.1, -0.05) is 24.3 Å².